The summed E-state index contributed by atoms with van der Waals surface area (Å²) in [4.78, 5) is 8.60. The van der Waals surface area contributed by atoms with Crippen LogP contribution in [-0.4, -0.2) is 44.9 Å². The van der Waals surface area contributed by atoms with Gasteiger partial charge in [-0.05, 0) is 48.5 Å². The first-order valence-corrected chi connectivity index (χ1v) is 8.92. The van der Waals surface area contributed by atoms with Crippen LogP contribution in [0, 0.1) is 0 Å². The first-order chi connectivity index (χ1) is 13.3. The molecule has 2 aliphatic heterocycles. The van der Waals surface area contributed by atoms with Gasteiger partial charge in [0.25, 0.3) is 0 Å². The molecule has 0 radical (unpaired) electrons. The van der Waals surface area contributed by atoms with Crippen molar-refractivity contribution < 1.29 is 9.47 Å². The van der Waals surface area contributed by atoms with E-state index in [9.17, 15) is 0 Å². The molecule has 0 spiro atoms. The van der Waals surface area contributed by atoms with Gasteiger partial charge < -0.3 is 30.7 Å². The first-order valence-electron chi connectivity index (χ1n) is 8.92. The minimum atomic E-state index is 0. The smallest absolute Gasteiger partial charge is 0.230 e. The van der Waals surface area contributed by atoms with Gasteiger partial charge >= 0.3 is 0 Å². The summed E-state index contributed by atoms with van der Waals surface area (Å²) in [5.41, 5.74) is 1.92. The first kappa shape index (κ1) is 22.4. The fourth-order valence-electron chi connectivity index (χ4n) is 2.67. The third-order valence-corrected chi connectivity index (χ3v) is 4.03. The van der Waals surface area contributed by atoms with E-state index in [4.69, 9.17) is 9.47 Å². The van der Waals surface area contributed by atoms with E-state index in [1.165, 1.54) is 0 Å². The molecular formula is C19H24Cl2N6O2. The fraction of sp³-hybridized carbons (Fsp3) is 0.263. The third-order valence-electron chi connectivity index (χ3n) is 4.03. The Bertz CT molecular complexity index is 758. The number of hydrogen-bond donors (Lipinski definition) is 4. The SMILES string of the molecule is Cl.Cl.c1cc(OCOc2ccc(NC3=NCCN3)cc2)ccc1NC1=NCCN1. The Balaban J connectivity index is 0.00000150. The van der Waals surface area contributed by atoms with Gasteiger partial charge in [-0.3, -0.25) is 9.98 Å². The maximum absolute atomic E-state index is 5.63. The van der Waals surface area contributed by atoms with E-state index in [0.717, 1.165) is 61.0 Å². The summed E-state index contributed by atoms with van der Waals surface area (Å²) < 4.78 is 11.3. The standard InChI is InChI=1S/C19H22N6O2.2ClH/c1-5-16(6-2-14(1)24-18-20-9-10-21-18)26-13-27-17-7-3-15(4-8-17)25-19-22-11-12-23-19;;/h1-8H,9-13H2,(H2,20,21,24)(H2,22,23,25);2*1H. The van der Waals surface area contributed by atoms with Crippen molar-refractivity contribution in [3.63, 3.8) is 0 Å². The molecule has 0 bridgehead atoms. The molecule has 0 fully saturated rings. The van der Waals surface area contributed by atoms with E-state index in [-0.39, 0.29) is 31.6 Å². The second-order valence-corrected chi connectivity index (χ2v) is 6.02. The van der Waals surface area contributed by atoms with Gasteiger partial charge in [0.15, 0.2) is 11.9 Å². The number of nitrogens with zero attached hydrogens (tertiary/aromatic N) is 2. The zero-order valence-electron chi connectivity index (χ0n) is 15.7. The topological polar surface area (TPSA) is 91.3 Å². The van der Waals surface area contributed by atoms with Crippen molar-refractivity contribution in [1.29, 1.82) is 0 Å². The molecule has 0 aliphatic carbocycles. The van der Waals surface area contributed by atoms with E-state index in [2.05, 4.69) is 31.3 Å². The van der Waals surface area contributed by atoms with Crippen molar-refractivity contribution in [1.82, 2.24) is 10.6 Å². The van der Waals surface area contributed by atoms with Gasteiger partial charge in [0.05, 0.1) is 13.1 Å². The maximum atomic E-state index is 5.63. The van der Waals surface area contributed by atoms with Crippen LogP contribution in [0.5, 0.6) is 11.5 Å². The Morgan fingerprint density at radius 3 is 1.45 bits per heavy atom. The minimum Gasteiger partial charge on any atom is -0.458 e. The van der Waals surface area contributed by atoms with Crippen molar-refractivity contribution in [2.24, 2.45) is 9.98 Å². The van der Waals surface area contributed by atoms with Gasteiger partial charge in [0.1, 0.15) is 11.5 Å². The molecule has 4 rings (SSSR count). The van der Waals surface area contributed by atoms with E-state index in [1.807, 2.05) is 48.5 Å². The number of ether oxygens (including phenoxy) is 2. The number of nitrogens with one attached hydrogen (secondary N) is 4. The van der Waals surface area contributed by atoms with E-state index >= 15 is 0 Å². The van der Waals surface area contributed by atoms with Crippen molar-refractivity contribution in [3.8, 4) is 11.5 Å². The fourth-order valence-corrected chi connectivity index (χ4v) is 2.67. The summed E-state index contributed by atoms with van der Waals surface area (Å²) in [6.07, 6.45) is 0. The summed E-state index contributed by atoms with van der Waals surface area (Å²) in [5.74, 6) is 3.09. The highest BCUT2D eigenvalue weighted by Crippen LogP contribution is 2.18. The van der Waals surface area contributed by atoms with Crippen LogP contribution >= 0.6 is 24.8 Å². The molecule has 2 aromatic carbocycles. The lowest BCUT2D eigenvalue weighted by atomic mass is 10.3. The highest BCUT2D eigenvalue weighted by atomic mass is 35.5. The molecule has 0 unspecified atom stereocenters. The van der Waals surface area contributed by atoms with Gasteiger partial charge in [-0.2, -0.15) is 0 Å². The normalized spacial score (nSPS) is 14.2. The van der Waals surface area contributed by atoms with Gasteiger partial charge in [-0.25, -0.2) is 0 Å². The minimum absolute atomic E-state index is 0. The molecule has 0 aromatic heterocycles. The van der Waals surface area contributed by atoms with Crippen LogP contribution in [0.4, 0.5) is 11.4 Å². The summed E-state index contributed by atoms with van der Waals surface area (Å²) in [6, 6.07) is 15.3. The lowest BCUT2D eigenvalue weighted by Crippen LogP contribution is -2.26. The molecule has 0 atom stereocenters. The van der Waals surface area contributed by atoms with Crippen LogP contribution < -0.4 is 30.7 Å². The maximum Gasteiger partial charge on any atom is 0.230 e. The largest absolute Gasteiger partial charge is 0.458 e. The molecule has 4 N–H and O–H groups in total. The zero-order chi connectivity index (χ0) is 18.3. The summed E-state index contributed by atoms with van der Waals surface area (Å²) in [7, 11) is 0. The Morgan fingerprint density at radius 1 is 0.690 bits per heavy atom. The number of anilines is 2. The average molecular weight is 439 g/mol. The molecule has 8 nitrogen and oxygen atoms in total. The highest BCUT2D eigenvalue weighted by Gasteiger charge is 2.06. The molecule has 10 heteroatoms. The highest BCUT2D eigenvalue weighted by molar-refractivity contribution is 5.95. The Labute approximate surface area is 182 Å². The Morgan fingerprint density at radius 2 is 1.10 bits per heavy atom. The number of rotatable bonds is 6. The second-order valence-electron chi connectivity index (χ2n) is 6.02. The Kier molecular flexibility index (Phi) is 8.69. The molecule has 2 aromatic rings. The molecule has 0 amide bonds. The van der Waals surface area contributed by atoms with Crippen molar-refractivity contribution in [3.05, 3.63) is 48.5 Å². The second kappa shape index (κ2) is 11.2. The van der Waals surface area contributed by atoms with Crippen molar-refractivity contribution in [2.45, 2.75) is 0 Å². The molecular weight excluding hydrogens is 415 g/mol. The number of aliphatic imine (C=N–C) groups is 2. The third kappa shape index (κ3) is 6.62. The van der Waals surface area contributed by atoms with Crippen LogP contribution in [0.3, 0.4) is 0 Å². The Hall–Kier alpha value is -2.84. The molecule has 29 heavy (non-hydrogen) atoms. The van der Waals surface area contributed by atoms with Crippen LogP contribution in [0.15, 0.2) is 58.5 Å². The zero-order valence-corrected chi connectivity index (χ0v) is 17.3. The predicted molar refractivity (Wildman–Crippen MR) is 121 cm³/mol. The van der Waals surface area contributed by atoms with Crippen LogP contribution in [-0.2, 0) is 0 Å². The summed E-state index contributed by atoms with van der Waals surface area (Å²) >= 11 is 0. The number of halogens is 2. The van der Waals surface area contributed by atoms with Crippen LogP contribution in [0.2, 0.25) is 0 Å². The molecule has 2 aliphatic rings. The van der Waals surface area contributed by atoms with Gasteiger partial charge in [-0.1, -0.05) is 0 Å². The average Bonchev–Trinajstić information content (AvgIpc) is 3.39. The van der Waals surface area contributed by atoms with Crippen LogP contribution in [0.25, 0.3) is 0 Å². The summed E-state index contributed by atoms with van der Waals surface area (Å²) in [6.45, 7) is 3.52. The van der Waals surface area contributed by atoms with E-state index in [0.29, 0.717) is 0 Å². The lowest BCUT2D eigenvalue weighted by molar-refractivity contribution is 0.120. The van der Waals surface area contributed by atoms with Gasteiger partial charge in [0, 0.05) is 24.5 Å². The van der Waals surface area contributed by atoms with Crippen molar-refractivity contribution in [2.75, 3.05) is 43.6 Å². The van der Waals surface area contributed by atoms with Gasteiger partial charge in [0.2, 0.25) is 6.79 Å². The number of hydrogen-bond acceptors (Lipinski definition) is 8. The quantitative estimate of drug-likeness (QED) is 0.518. The predicted octanol–water partition coefficient (Wildman–Crippen LogP) is 2.69. The number of guanidine groups is 2. The van der Waals surface area contributed by atoms with Crippen LogP contribution in [0.1, 0.15) is 0 Å². The molecule has 2 heterocycles. The number of benzene rings is 2. The molecule has 0 saturated heterocycles. The molecule has 0 saturated carbocycles. The van der Waals surface area contributed by atoms with E-state index in [1.54, 1.807) is 0 Å². The monoisotopic (exact) mass is 438 g/mol. The van der Waals surface area contributed by atoms with E-state index < -0.39 is 0 Å². The summed E-state index contributed by atoms with van der Waals surface area (Å²) in [5, 5.41) is 12.8. The lowest BCUT2D eigenvalue weighted by Gasteiger charge is -2.11. The molecule has 156 valence electrons. The van der Waals surface area contributed by atoms with Crippen molar-refractivity contribution >= 4 is 48.1 Å². The van der Waals surface area contributed by atoms with Gasteiger partial charge in [-0.15, -0.1) is 24.8 Å².